The molecule has 0 spiro atoms. The van der Waals surface area contributed by atoms with Crippen LogP contribution in [0.4, 0.5) is 13.2 Å². The van der Waals surface area contributed by atoms with Gasteiger partial charge in [0.25, 0.3) is 0 Å². The lowest BCUT2D eigenvalue weighted by molar-refractivity contribution is -0.137. The van der Waals surface area contributed by atoms with Crippen LogP contribution < -0.4 is 4.74 Å². The zero-order valence-corrected chi connectivity index (χ0v) is 12.3. The average Bonchev–Trinajstić information content (AvgIpc) is 2.45. The molecule has 0 saturated heterocycles. The van der Waals surface area contributed by atoms with Crippen molar-refractivity contribution in [3.8, 4) is 5.75 Å². The molecule has 6 heteroatoms. The highest BCUT2D eigenvalue weighted by Gasteiger charge is 2.33. The van der Waals surface area contributed by atoms with E-state index in [0.29, 0.717) is 17.2 Å². The van der Waals surface area contributed by atoms with Gasteiger partial charge in [-0.25, -0.2) is 0 Å². The van der Waals surface area contributed by atoms with E-state index in [0.717, 1.165) is 11.6 Å². The Labute approximate surface area is 130 Å². The van der Waals surface area contributed by atoms with Crippen LogP contribution in [0.5, 0.6) is 5.75 Å². The second kappa shape index (κ2) is 6.58. The van der Waals surface area contributed by atoms with Crippen LogP contribution in [0.15, 0.2) is 42.5 Å². The summed E-state index contributed by atoms with van der Waals surface area (Å²) < 4.78 is 43.7. The monoisotopic (exact) mass is 334 g/mol. The van der Waals surface area contributed by atoms with E-state index < -0.39 is 11.7 Å². The molecule has 0 heterocycles. The molecule has 0 bridgehead atoms. The Morgan fingerprint density at radius 1 is 0.952 bits per heavy atom. The zero-order valence-electron chi connectivity index (χ0n) is 10.8. The second-order valence-electron chi connectivity index (χ2n) is 4.38. The maximum Gasteiger partial charge on any atom is 0.417 e. The predicted octanol–water partition coefficient (Wildman–Crippen LogP) is 5.68. The Kier molecular flexibility index (Phi) is 5.01. The Hall–Kier alpha value is -1.39. The largest absolute Gasteiger partial charge is 0.489 e. The highest BCUT2D eigenvalue weighted by Crippen LogP contribution is 2.35. The summed E-state index contributed by atoms with van der Waals surface area (Å²) >= 11 is 11.2. The molecule has 2 aromatic carbocycles. The van der Waals surface area contributed by atoms with Crippen molar-refractivity contribution in [3.05, 3.63) is 64.2 Å². The minimum atomic E-state index is -4.48. The lowest BCUT2D eigenvalue weighted by Crippen LogP contribution is -2.07. The number of ether oxygens (including phenoxy) is 1. The van der Waals surface area contributed by atoms with Crippen LogP contribution in [0.3, 0.4) is 0 Å². The number of hydrogen-bond donors (Lipinski definition) is 0. The van der Waals surface area contributed by atoms with Gasteiger partial charge in [0.2, 0.25) is 0 Å². The van der Waals surface area contributed by atoms with Gasteiger partial charge in [0.05, 0.1) is 10.6 Å². The third kappa shape index (κ3) is 4.29. The number of benzene rings is 2. The van der Waals surface area contributed by atoms with E-state index in [1.165, 1.54) is 12.1 Å². The molecule has 0 N–H and O–H groups in total. The van der Waals surface area contributed by atoms with Crippen LogP contribution in [0.1, 0.15) is 16.7 Å². The lowest BCUT2D eigenvalue weighted by Gasteiger charge is -2.12. The summed E-state index contributed by atoms with van der Waals surface area (Å²) in [5.74, 6) is 0.958. The average molecular weight is 335 g/mol. The Morgan fingerprint density at radius 2 is 1.57 bits per heavy atom. The van der Waals surface area contributed by atoms with Gasteiger partial charge >= 0.3 is 6.18 Å². The molecule has 0 aliphatic rings. The van der Waals surface area contributed by atoms with Gasteiger partial charge in [-0.15, -0.1) is 11.6 Å². The fourth-order valence-corrected chi connectivity index (χ4v) is 2.12. The molecule has 1 nitrogen and oxygen atoms in total. The quantitative estimate of drug-likeness (QED) is 0.654. The van der Waals surface area contributed by atoms with Crippen LogP contribution in [0.2, 0.25) is 5.02 Å². The minimum absolute atomic E-state index is 0.0282. The van der Waals surface area contributed by atoms with Crippen molar-refractivity contribution in [2.45, 2.75) is 18.7 Å². The van der Waals surface area contributed by atoms with Gasteiger partial charge in [-0.1, -0.05) is 29.8 Å². The molecule has 0 saturated carbocycles. The molecule has 2 aromatic rings. The first-order chi connectivity index (χ1) is 9.90. The highest BCUT2D eigenvalue weighted by atomic mass is 35.5. The standard InChI is InChI=1S/C15H11Cl2F3O/c16-8-10-1-4-12(5-2-10)21-9-11-3-6-14(17)13(7-11)15(18,19)20/h1-7H,8-9H2. The molecular weight excluding hydrogens is 324 g/mol. The Balaban J connectivity index is 2.09. The molecular formula is C15H11Cl2F3O. The number of hydrogen-bond acceptors (Lipinski definition) is 1. The summed E-state index contributed by atoms with van der Waals surface area (Å²) in [5.41, 5.74) is 0.478. The van der Waals surface area contributed by atoms with Crippen molar-refractivity contribution in [3.63, 3.8) is 0 Å². The van der Waals surface area contributed by atoms with E-state index in [1.807, 2.05) is 0 Å². The van der Waals surface area contributed by atoms with E-state index >= 15 is 0 Å². The number of rotatable bonds is 4. The van der Waals surface area contributed by atoms with Crippen LogP contribution in [0.25, 0.3) is 0 Å². The van der Waals surface area contributed by atoms with Crippen molar-refractivity contribution < 1.29 is 17.9 Å². The van der Waals surface area contributed by atoms with Crippen molar-refractivity contribution in [2.75, 3.05) is 0 Å². The first kappa shape index (κ1) is 16.0. The molecule has 2 rings (SSSR count). The molecule has 0 radical (unpaired) electrons. The van der Waals surface area contributed by atoms with Crippen molar-refractivity contribution in [1.29, 1.82) is 0 Å². The Bertz CT molecular complexity index is 609. The maximum atomic E-state index is 12.7. The molecule has 0 unspecified atom stereocenters. The minimum Gasteiger partial charge on any atom is -0.489 e. The third-order valence-electron chi connectivity index (χ3n) is 2.82. The van der Waals surface area contributed by atoms with Crippen molar-refractivity contribution in [2.24, 2.45) is 0 Å². The Morgan fingerprint density at radius 3 is 2.14 bits per heavy atom. The molecule has 0 fully saturated rings. The second-order valence-corrected chi connectivity index (χ2v) is 5.05. The van der Waals surface area contributed by atoms with Crippen LogP contribution in [-0.4, -0.2) is 0 Å². The summed E-state index contributed by atoms with van der Waals surface area (Å²) in [7, 11) is 0. The SMILES string of the molecule is FC(F)(F)c1cc(COc2ccc(CCl)cc2)ccc1Cl. The van der Waals surface area contributed by atoms with E-state index in [9.17, 15) is 13.2 Å². The molecule has 0 aromatic heterocycles. The smallest absolute Gasteiger partial charge is 0.417 e. The van der Waals surface area contributed by atoms with Gasteiger partial charge in [-0.3, -0.25) is 0 Å². The topological polar surface area (TPSA) is 9.23 Å². The molecule has 0 amide bonds. The fourth-order valence-electron chi connectivity index (χ4n) is 1.72. The van der Waals surface area contributed by atoms with Crippen molar-refractivity contribution >= 4 is 23.2 Å². The fraction of sp³-hybridized carbons (Fsp3) is 0.200. The predicted molar refractivity (Wildman–Crippen MR) is 76.8 cm³/mol. The van der Waals surface area contributed by atoms with E-state index in [-0.39, 0.29) is 11.6 Å². The normalized spacial score (nSPS) is 11.5. The summed E-state index contributed by atoms with van der Waals surface area (Å²) in [6.45, 7) is 0.0282. The van der Waals surface area contributed by atoms with Crippen LogP contribution >= 0.6 is 23.2 Å². The highest BCUT2D eigenvalue weighted by molar-refractivity contribution is 6.31. The first-order valence-corrected chi connectivity index (χ1v) is 6.94. The number of alkyl halides is 4. The third-order valence-corrected chi connectivity index (χ3v) is 3.46. The van der Waals surface area contributed by atoms with Crippen molar-refractivity contribution in [1.82, 2.24) is 0 Å². The lowest BCUT2D eigenvalue weighted by atomic mass is 10.1. The maximum absolute atomic E-state index is 12.7. The van der Waals surface area contributed by atoms with Gasteiger partial charge in [0.15, 0.2) is 0 Å². The van der Waals surface area contributed by atoms with E-state index in [4.69, 9.17) is 27.9 Å². The summed E-state index contributed by atoms with van der Waals surface area (Å²) in [4.78, 5) is 0. The van der Waals surface area contributed by atoms with Crippen LogP contribution in [-0.2, 0) is 18.7 Å². The first-order valence-electron chi connectivity index (χ1n) is 6.03. The van der Waals surface area contributed by atoms with Gasteiger partial charge in [0.1, 0.15) is 12.4 Å². The molecule has 112 valence electrons. The van der Waals surface area contributed by atoms with Gasteiger partial charge in [-0.2, -0.15) is 13.2 Å². The summed E-state index contributed by atoms with van der Waals surface area (Å²) in [5, 5.41) is -0.322. The van der Waals surface area contributed by atoms with E-state index in [2.05, 4.69) is 0 Å². The molecule has 0 aliphatic heterocycles. The zero-order chi connectivity index (χ0) is 15.5. The molecule has 21 heavy (non-hydrogen) atoms. The summed E-state index contributed by atoms with van der Waals surface area (Å²) in [6.07, 6.45) is -4.48. The van der Waals surface area contributed by atoms with Gasteiger partial charge in [0, 0.05) is 5.88 Å². The van der Waals surface area contributed by atoms with Gasteiger partial charge in [-0.05, 0) is 35.4 Å². The number of halogens is 5. The molecule has 0 atom stereocenters. The molecule has 0 aliphatic carbocycles. The van der Waals surface area contributed by atoms with Gasteiger partial charge < -0.3 is 4.74 Å². The summed E-state index contributed by atoms with van der Waals surface area (Å²) in [6, 6.07) is 10.8. The van der Waals surface area contributed by atoms with Crippen LogP contribution in [0, 0.1) is 0 Å². The van der Waals surface area contributed by atoms with E-state index in [1.54, 1.807) is 24.3 Å².